The fourth-order valence-electron chi connectivity index (χ4n) is 2.37. The fourth-order valence-corrected chi connectivity index (χ4v) is 3.98. The lowest BCUT2D eigenvalue weighted by Crippen LogP contribution is -2.48. The average molecular weight is 319 g/mol. The van der Waals surface area contributed by atoms with E-state index in [2.05, 4.69) is 39.9 Å². The summed E-state index contributed by atoms with van der Waals surface area (Å²) in [4.78, 5) is 3.85. The van der Waals surface area contributed by atoms with Gasteiger partial charge in [0, 0.05) is 18.0 Å². The molecule has 0 spiro atoms. The lowest BCUT2D eigenvalue weighted by atomic mass is 10.1. The maximum absolute atomic E-state index is 5.84. The molecule has 1 aromatic heterocycles. The van der Waals surface area contributed by atoms with Crippen LogP contribution < -0.4 is 5.73 Å². The first-order valence-electron chi connectivity index (χ1n) is 6.07. The molecule has 5 heteroatoms. The van der Waals surface area contributed by atoms with Gasteiger partial charge in [0.15, 0.2) is 0 Å². The van der Waals surface area contributed by atoms with Crippen molar-refractivity contribution in [3.05, 3.63) is 20.8 Å². The number of rotatable bonds is 4. The molecule has 2 unspecified atom stereocenters. The van der Waals surface area contributed by atoms with Gasteiger partial charge in [0.25, 0.3) is 0 Å². The molecular weight excluding hydrogens is 300 g/mol. The molecule has 1 saturated heterocycles. The SMILES string of the molecule is CCCN1CCOC(CN)C1c1ccc(Br)s1. The van der Waals surface area contributed by atoms with E-state index >= 15 is 0 Å². The third-order valence-electron chi connectivity index (χ3n) is 3.08. The van der Waals surface area contributed by atoms with Gasteiger partial charge < -0.3 is 10.5 Å². The second-order valence-electron chi connectivity index (χ2n) is 4.27. The Labute approximate surface area is 115 Å². The Morgan fingerprint density at radius 3 is 3.00 bits per heavy atom. The predicted octanol–water partition coefficient (Wildman–Crippen LogP) is 2.62. The van der Waals surface area contributed by atoms with E-state index in [4.69, 9.17) is 10.5 Å². The van der Waals surface area contributed by atoms with Gasteiger partial charge in [0.2, 0.25) is 0 Å². The van der Waals surface area contributed by atoms with Gasteiger partial charge in [-0.25, -0.2) is 0 Å². The summed E-state index contributed by atoms with van der Waals surface area (Å²) < 4.78 is 6.98. The van der Waals surface area contributed by atoms with E-state index in [1.165, 1.54) is 15.1 Å². The zero-order valence-electron chi connectivity index (χ0n) is 10.1. The molecule has 0 amide bonds. The van der Waals surface area contributed by atoms with Crippen molar-refractivity contribution in [2.45, 2.75) is 25.5 Å². The van der Waals surface area contributed by atoms with Crippen LogP contribution >= 0.6 is 27.3 Å². The number of morpholine rings is 1. The van der Waals surface area contributed by atoms with Gasteiger partial charge in [-0.2, -0.15) is 0 Å². The Morgan fingerprint density at radius 1 is 1.59 bits per heavy atom. The molecule has 0 aromatic carbocycles. The molecule has 2 atom stereocenters. The normalized spacial score (nSPS) is 26.3. The van der Waals surface area contributed by atoms with Crippen molar-refractivity contribution < 1.29 is 4.74 Å². The number of thiophene rings is 1. The molecular formula is C12H19BrN2OS. The lowest BCUT2D eigenvalue weighted by molar-refractivity contribution is -0.0664. The van der Waals surface area contributed by atoms with Crippen molar-refractivity contribution in [1.82, 2.24) is 4.90 Å². The number of ether oxygens (including phenoxy) is 1. The summed E-state index contributed by atoms with van der Waals surface area (Å²) in [5.74, 6) is 0. The van der Waals surface area contributed by atoms with E-state index in [-0.39, 0.29) is 6.10 Å². The van der Waals surface area contributed by atoms with E-state index in [0.717, 1.165) is 19.7 Å². The minimum atomic E-state index is 0.126. The number of halogens is 1. The van der Waals surface area contributed by atoms with E-state index in [1.54, 1.807) is 11.3 Å². The first-order chi connectivity index (χ1) is 8.26. The molecule has 96 valence electrons. The highest BCUT2D eigenvalue weighted by atomic mass is 79.9. The van der Waals surface area contributed by atoms with Gasteiger partial charge in [-0.05, 0) is 41.0 Å². The van der Waals surface area contributed by atoms with E-state index < -0.39 is 0 Å². The van der Waals surface area contributed by atoms with E-state index in [1.807, 2.05) is 0 Å². The maximum Gasteiger partial charge on any atom is 0.0902 e. The number of nitrogens with zero attached hydrogens (tertiary/aromatic N) is 1. The van der Waals surface area contributed by atoms with Crippen LogP contribution in [-0.4, -0.2) is 37.2 Å². The van der Waals surface area contributed by atoms with E-state index in [9.17, 15) is 0 Å². The third-order valence-corrected chi connectivity index (χ3v) is 4.78. The van der Waals surface area contributed by atoms with E-state index in [0.29, 0.717) is 12.6 Å². The highest BCUT2D eigenvalue weighted by molar-refractivity contribution is 9.11. The molecule has 1 fully saturated rings. The second kappa shape index (κ2) is 6.29. The predicted molar refractivity (Wildman–Crippen MR) is 75.4 cm³/mol. The van der Waals surface area contributed by atoms with Crippen LogP contribution in [0.15, 0.2) is 15.9 Å². The molecule has 0 aliphatic carbocycles. The van der Waals surface area contributed by atoms with Crippen LogP contribution in [-0.2, 0) is 4.74 Å². The van der Waals surface area contributed by atoms with Crippen LogP contribution in [0, 0.1) is 0 Å². The molecule has 3 nitrogen and oxygen atoms in total. The van der Waals surface area contributed by atoms with Gasteiger partial charge in [-0.15, -0.1) is 11.3 Å². The van der Waals surface area contributed by atoms with Crippen LogP contribution in [0.4, 0.5) is 0 Å². The highest BCUT2D eigenvalue weighted by Gasteiger charge is 2.33. The summed E-state index contributed by atoms with van der Waals surface area (Å²) in [6, 6.07) is 4.61. The van der Waals surface area contributed by atoms with Crippen LogP contribution in [0.2, 0.25) is 0 Å². The Morgan fingerprint density at radius 2 is 2.41 bits per heavy atom. The van der Waals surface area contributed by atoms with Crippen molar-refractivity contribution in [3.63, 3.8) is 0 Å². The van der Waals surface area contributed by atoms with Crippen LogP contribution in [0.5, 0.6) is 0 Å². The van der Waals surface area contributed by atoms with Gasteiger partial charge in [0.05, 0.1) is 22.5 Å². The van der Waals surface area contributed by atoms with Crippen LogP contribution in [0.25, 0.3) is 0 Å². The summed E-state index contributed by atoms with van der Waals surface area (Å²) in [5.41, 5.74) is 5.84. The number of nitrogens with two attached hydrogens (primary N) is 1. The number of hydrogen-bond donors (Lipinski definition) is 1. The summed E-state index contributed by atoms with van der Waals surface area (Å²) in [6.45, 7) is 5.71. The van der Waals surface area contributed by atoms with Crippen molar-refractivity contribution in [2.24, 2.45) is 5.73 Å². The topological polar surface area (TPSA) is 38.5 Å². The summed E-state index contributed by atoms with van der Waals surface area (Å²) >= 11 is 5.31. The van der Waals surface area contributed by atoms with Gasteiger partial charge in [-0.1, -0.05) is 6.92 Å². The zero-order valence-corrected chi connectivity index (χ0v) is 12.5. The van der Waals surface area contributed by atoms with Crippen molar-refractivity contribution in [2.75, 3.05) is 26.2 Å². The Balaban J connectivity index is 2.21. The molecule has 0 saturated carbocycles. The summed E-state index contributed by atoms with van der Waals surface area (Å²) in [7, 11) is 0. The first-order valence-corrected chi connectivity index (χ1v) is 7.68. The molecule has 1 aromatic rings. The molecule has 2 heterocycles. The van der Waals surface area contributed by atoms with Crippen molar-refractivity contribution in [3.8, 4) is 0 Å². The van der Waals surface area contributed by atoms with Crippen LogP contribution in [0.3, 0.4) is 0 Å². The third kappa shape index (κ3) is 3.09. The summed E-state index contributed by atoms with van der Waals surface area (Å²) in [6.07, 6.45) is 1.29. The Bertz CT molecular complexity index is 356. The average Bonchev–Trinajstić information content (AvgIpc) is 2.75. The Hall–Kier alpha value is 0.0600. The molecule has 2 rings (SSSR count). The first kappa shape index (κ1) is 13.5. The zero-order chi connectivity index (χ0) is 12.3. The quantitative estimate of drug-likeness (QED) is 0.927. The standard InChI is InChI=1S/C12H19BrN2OS/c1-2-5-15-6-7-16-9(8-14)12(15)10-3-4-11(13)17-10/h3-4,9,12H,2,5-8,14H2,1H3. The summed E-state index contributed by atoms with van der Waals surface area (Å²) in [5, 5.41) is 0. The molecule has 0 bridgehead atoms. The fraction of sp³-hybridized carbons (Fsp3) is 0.667. The second-order valence-corrected chi connectivity index (χ2v) is 6.76. The van der Waals surface area contributed by atoms with Gasteiger partial charge in [0.1, 0.15) is 0 Å². The highest BCUT2D eigenvalue weighted by Crippen LogP contribution is 2.35. The van der Waals surface area contributed by atoms with Crippen molar-refractivity contribution >= 4 is 27.3 Å². The van der Waals surface area contributed by atoms with Crippen LogP contribution in [0.1, 0.15) is 24.3 Å². The molecule has 1 aliphatic heterocycles. The van der Waals surface area contributed by atoms with Crippen molar-refractivity contribution in [1.29, 1.82) is 0 Å². The molecule has 1 aliphatic rings. The molecule has 17 heavy (non-hydrogen) atoms. The minimum Gasteiger partial charge on any atom is -0.374 e. The maximum atomic E-state index is 5.84. The molecule has 2 N–H and O–H groups in total. The largest absolute Gasteiger partial charge is 0.374 e. The lowest BCUT2D eigenvalue weighted by Gasteiger charge is -2.40. The molecule has 0 radical (unpaired) electrons. The number of hydrogen-bond acceptors (Lipinski definition) is 4. The van der Waals surface area contributed by atoms with Gasteiger partial charge in [-0.3, -0.25) is 4.90 Å². The van der Waals surface area contributed by atoms with Gasteiger partial charge >= 0.3 is 0 Å². The Kier molecular flexibility index (Phi) is 4.99. The minimum absolute atomic E-state index is 0.126. The smallest absolute Gasteiger partial charge is 0.0902 e. The monoisotopic (exact) mass is 318 g/mol.